The summed E-state index contributed by atoms with van der Waals surface area (Å²) in [6.45, 7) is 5.43. The first-order valence-electron chi connectivity index (χ1n) is 8.02. The highest BCUT2D eigenvalue weighted by atomic mass is 127. The Bertz CT molecular complexity index is 655. The van der Waals surface area contributed by atoms with E-state index in [-0.39, 0.29) is 29.9 Å². The van der Waals surface area contributed by atoms with Crippen LogP contribution in [-0.4, -0.2) is 36.8 Å². The second-order valence-corrected chi connectivity index (χ2v) is 5.65. The predicted molar refractivity (Wildman–Crippen MR) is 109 cm³/mol. The largest absolute Gasteiger partial charge is 0.497 e. The normalized spacial score (nSPS) is 11.2. The summed E-state index contributed by atoms with van der Waals surface area (Å²) in [5.74, 6) is 3.23. The highest BCUT2D eigenvalue weighted by molar-refractivity contribution is 14.0. The molecule has 0 saturated heterocycles. The van der Waals surface area contributed by atoms with Crippen LogP contribution in [0.2, 0.25) is 0 Å². The van der Waals surface area contributed by atoms with Crippen LogP contribution in [0, 0.1) is 0 Å². The minimum Gasteiger partial charge on any atom is -0.497 e. The van der Waals surface area contributed by atoms with Crippen LogP contribution in [0.5, 0.6) is 5.75 Å². The zero-order valence-electron chi connectivity index (χ0n) is 15.1. The topological polar surface area (TPSA) is 84.6 Å². The number of hydrogen-bond acceptors (Lipinski definition) is 5. The van der Waals surface area contributed by atoms with Crippen molar-refractivity contribution in [3.05, 3.63) is 41.5 Å². The molecule has 0 aliphatic heterocycles. The van der Waals surface area contributed by atoms with Gasteiger partial charge in [-0.15, -0.1) is 24.0 Å². The van der Waals surface area contributed by atoms with Crippen LogP contribution in [0.15, 0.2) is 33.8 Å². The number of methoxy groups -OCH3 is 1. The molecule has 0 atom stereocenters. The Morgan fingerprint density at radius 3 is 2.52 bits per heavy atom. The number of halogens is 1. The second kappa shape index (κ2) is 10.9. The first kappa shape index (κ1) is 21.2. The molecule has 7 nitrogen and oxygen atoms in total. The van der Waals surface area contributed by atoms with Gasteiger partial charge >= 0.3 is 0 Å². The number of nitrogens with one attached hydrogen (secondary N) is 2. The van der Waals surface area contributed by atoms with E-state index in [0.717, 1.165) is 23.1 Å². The fraction of sp³-hybridized carbons (Fsp3) is 0.471. The number of aromatic nitrogens is 2. The first-order valence-corrected chi connectivity index (χ1v) is 8.02. The van der Waals surface area contributed by atoms with Crippen LogP contribution in [0.3, 0.4) is 0 Å². The Balaban J connectivity index is 0.00000312. The summed E-state index contributed by atoms with van der Waals surface area (Å²) in [4.78, 5) is 8.56. The molecule has 0 aliphatic carbocycles. The minimum atomic E-state index is 0. The molecule has 0 aliphatic rings. The average Bonchev–Trinajstić information content (AvgIpc) is 3.07. The molecule has 0 unspecified atom stereocenters. The molecule has 0 fully saturated rings. The van der Waals surface area contributed by atoms with E-state index >= 15 is 0 Å². The standard InChI is InChI=1S/C17H25N5O2.HI/c1-12(2)16-21-15(24-22-16)9-10-19-17(18-3)20-11-13-5-7-14(23-4)8-6-13;/h5-8,12H,9-11H2,1-4H3,(H2,18,19,20);1H. The summed E-state index contributed by atoms with van der Waals surface area (Å²) in [7, 11) is 3.40. The molecular formula is C17H26IN5O2. The van der Waals surface area contributed by atoms with Gasteiger partial charge in [0.1, 0.15) is 5.75 Å². The van der Waals surface area contributed by atoms with Crippen molar-refractivity contribution >= 4 is 29.9 Å². The van der Waals surface area contributed by atoms with Crippen molar-refractivity contribution in [2.45, 2.75) is 32.7 Å². The van der Waals surface area contributed by atoms with Crippen LogP contribution in [0.4, 0.5) is 0 Å². The molecule has 0 saturated carbocycles. The Kier molecular flexibility index (Phi) is 9.25. The second-order valence-electron chi connectivity index (χ2n) is 5.65. The average molecular weight is 459 g/mol. The van der Waals surface area contributed by atoms with Gasteiger partial charge in [0.15, 0.2) is 11.8 Å². The van der Waals surface area contributed by atoms with Crippen LogP contribution >= 0.6 is 24.0 Å². The van der Waals surface area contributed by atoms with Gasteiger partial charge in [0.25, 0.3) is 0 Å². The summed E-state index contributed by atoms with van der Waals surface area (Å²) in [6.07, 6.45) is 0.656. The molecule has 0 radical (unpaired) electrons. The summed E-state index contributed by atoms with van der Waals surface area (Å²) in [6, 6.07) is 7.92. The van der Waals surface area contributed by atoms with Gasteiger partial charge in [0, 0.05) is 32.5 Å². The van der Waals surface area contributed by atoms with Crippen molar-refractivity contribution in [3.63, 3.8) is 0 Å². The molecule has 8 heteroatoms. The van der Waals surface area contributed by atoms with Crippen LogP contribution in [0.25, 0.3) is 0 Å². The molecule has 0 bridgehead atoms. The lowest BCUT2D eigenvalue weighted by molar-refractivity contribution is 0.371. The number of aliphatic imine (C=N–C) groups is 1. The third-order valence-corrected chi connectivity index (χ3v) is 3.47. The number of hydrogen-bond donors (Lipinski definition) is 2. The van der Waals surface area contributed by atoms with E-state index in [1.54, 1.807) is 14.2 Å². The van der Waals surface area contributed by atoms with Crippen molar-refractivity contribution < 1.29 is 9.26 Å². The van der Waals surface area contributed by atoms with E-state index in [2.05, 4.69) is 25.8 Å². The molecule has 25 heavy (non-hydrogen) atoms. The van der Waals surface area contributed by atoms with Gasteiger partial charge in [-0.25, -0.2) is 0 Å². The Hall–Kier alpha value is -1.84. The van der Waals surface area contributed by atoms with Gasteiger partial charge < -0.3 is 19.9 Å². The van der Waals surface area contributed by atoms with Crippen LogP contribution in [0.1, 0.15) is 37.0 Å². The lowest BCUT2D eigenvalue weighted by Gasteiger charge is -2.11. The van der Waals surface area contributed by atoms with Gasteiger partial charge in [0.2, 0.25) is 5.89 Å². The van der Waals surface area contributed by atoms with E-state index in [0.29, 0.717) is 25.4 Å². The minimum absolute atomic E-state index is 0. The third kappa shape index (κ3) is 6.89. The number of rotatable bonds is 7. The lowest BCUT2D eigenvalue weighted by atomic mass is 10.2. The highest BCUT2D eigenvalue weighted by Gasteiger charge is 2.09. The number of guanidine groups is 1. The van der Waals surface area contributed by atoms with Crippen LogP contribution in [-0.2, 0) is 13.0 Å². The zero-order valence-corrected chi connectivity index (χ0v) is 17.4. The van der Waals surface area contributed by atoms with E-state index in [4.69, 9.17) is 9.26 Å². The summed E-state index contributed by atoms with van der Waals surface area (Å²) >= 11 is 0. The molecule has 2 N–H and O–H groups in total. The molecule has 2 rings (SSSR count). The SMILES string of the molecule is CN=C(NCCc1nc(C(C)C)no1)NCc1ccc(OC)cc1.I. The molecule has 2 aromatic rings. The summed E-state index contributed by atoms with van der Waals surface area (Å²) in [5, 5.41) is 10.5. The Labute approximate surface area is 165 Å². The molecule has 1 aromatic heterocycles. The van der Waals surface area contributed by atoms with E-state index in [1.165, 1.54) is 0 Å². The van der Waals surface area contributed by atoms with Crippen molar-refractivity contribution in [3.8, 4) is 5.75 Å². The summed E-state index contributed by atoms with van der Waals surface area (Å²) < 4.78 is 10.4. The Morgan fingerprint density at radius 1 is 1.24 bits per heavy atom. The van der Waals surface area contributed by atoms with E-state index in [1.807, 2.05) is 38.1 Å². The molecular weight excluding hydrogens is 433 g/mol. The van der Waals surface area contributed by atoms with Gasteiger partial charge in [0.05, 0.1) is 7.11 Å². The van der Waals surface area contributed by atoms with Crippen molar-refractivity contribution in [1.82, 2.24) is 20.8 Å². The molecule has 1 heterocycles. The van der Waals surface area contributed by atoms with Crippen molar-refractivity contribution in [2.24, 2.45) is 4.99 Å². The monoisotopic (exact) mass is 459 g/mol. The predicted octanol–water partition coefficient (Wildman–Crippen LogP) is 2.73. The number of ether oxygens (including phenoxy) is 1. The van der Waals surface area contributed by atoms with Crippen LogP contribution < -0.4 is 15.4 Å². The molecule has 138 valence electrons. The maximum Gasteiger partial charge on any atom is 0.228 e. The van der Waals surface area contributed by atoms with Gasteiger partial charge in [-0.1, -0.05) is 31.1 Å². The van der Waals surface area contributed by atoms with E-state index in [9.17, 15) is 0 Å². The molecule has 0 spiro atoms. The summed E-state index contributed by atoms with van der Waals surface area (Å²) in [5.41, 5.74) is 1.15. The highest BCUT2D eigenvalue weighted by Crippen LogP contribution is 2.11. The van der Waals surface area contributed by atoms with Crippen molar-refractivity contribution in [2.75, 3.05) is 20.7 Å². The molecule has 0 amide bonds. The number of benzene rings is 1. The first-order chi connectivity index (χ1) is 11.6. The Morgan fingerprint density at radius 2 is 1.96 bits per heavy atom. The third-order valence-electron chi connectivity index (χ3n) is 3.47. The van der Waals surface area contributed by atoms with Gasteiger partial charge in [-0.3, -0.25) is 4.99 Å². The fourth-order valence-corrected chi connectivity index (χ4v) is 2.04. The van der Waals surface area contributed by atoms with Crippen molar-refractivity contribution in [1.29, 1.82) is 0 Å². The maximum absolute atomic E-state index is 5.22. The van der Waals surface area contributed by atoms with E-state index < -0.39 is 0 Å². The smallest absolute Gasteiger partial charge is 0.228 e. The van der Waals surface area contributed by atoms with Gasteiger partial charge in [-0.05, 0) is 17.7 Å². The quantitative estimate of drug-likeness (QED) is 0.377. The fourth-order valence-electron chi connectivity index (χ4n) is 2.04. The maximum atomic E-state index is 5.22. The van der Waals surface area contributed by atoms with Gasteiger partial charge in [-0.2, -0.15) is 4.98 Å². The number of nitrogens with zero attached hydrogens (tertiary/aromatic N) is 3. The zero-order chi connectivity index (χ0) is 17.4. The molecule has 1 aromatic carbocycles. The lowest BCUT2D eigenvalue weighted by Crippen LogP contribution is -2.37.